The van der Waals surface area contributed by atoms with Crippen LogP contribution in [0, 0.1) is 0 Å². The Kier molecular flexibility index (Phi) is 4.66. The summed E-state index contributed by atoms with van der Waals surface area (Å²) < 4.78 is 0. The van der Waals surface area contributed by atoms with Gasteiger partial charge in [0, 0.05) is 6.92 Å². The molecule has 1 amide bonds. The van der Waals surface area contributed by atoms with E-state index in [1.807, 2.05) is 30.3 Å². The molecule has 4 heteroatoms. The highest BCUT2D eigenvalue weighted by Gasteiger charge is 2.21. The zero-order valence-corrected chi connectivity index (χ0v) is 10.5. The molecule has 17 heavy (non-hydrogen) atoms. The number of hydroxylamine groups is 2. The van der Waals surface area contributed by atoms with Gasteiger partial charge in [-0.2, -0.15) is 0 Å². The molecular weight excluding hydrogens is 218 g/mol. The topological polar surface area (TPSA) is 49.8 Å². The number of amides is 1. The van der Waals surface area contributed by atoms with E-state index in [-0.39, 0.29) is 12.5 Å². The van der Waals surface area contributed by atoms with Gasteiger partial charge in [-0.15, -0.1) is 0 Å². The molecule has 0 saturated carbocycles. The second-order valence-electron chi connectivity index (χ2n) is 4.63. The Morgan fingerprint density at radius 1 is 1.35 bits per heavy atom. The van der Waals surface area contributed by atoms with Crippen LogP contribution in [-0.4, -0.2) is 28.2 Å². The monoisotopic (exact) mass is 237 g/mol. The van der Waals surface area contributed by atoms with E-state index < -0.39 is 5.60 Å². The van der Waals surface area contributed by atoms with Gasteiger partial charge in [0.25, 0.3) is 0 Å². The van der Waals surface area contributed by atoms with Crippen LogP contribution in [0.25, 0.3) is 0 Å². The lowest BCUT2D eigenvalue weighted by Crippen LogP contribution is -2.41. The molecule has 0 unspecified atom stereocenters. The van der Waals surface area contributed by atoms with Gasteiger partial charge < -0.3 is 5.11 Å². The predicted molar refractivity (Wildman–Crippen MR) is 64.9 cm³/mol. The molecule has 1 rings (SSSR count). The van der Waals surface area contributed by atoms with Crippen molar-refractivity contribution in [3.05, 3.63) is 35.9 Å². The molecule has 0 aliphatic carbocycles. The maximum absolute atomic E-state index is 11.3. The summed E-state index contributed by atoms with van der Waals surface area (Å²) in [7, 11) is 0. The minimum atomic E-state index is -0.970. The quantitative estimate of drug-likeness (QED) is 0.793. The van der Waals surface area contributed by atoms with E-state index in [2.05, 4.69) is 0 Å². The summed E-state index contributed by atoms with van der Waals surface area (Å²) in [4.78, 5) is 16.7. The molecule has 4 nitrogen and oxygen atoms in total. The van der Waals surface area contributed by atoms with Gasteiger partial charge in [-0.3, -0.25) is 9.63 Å². The molecule has 0 heterocycles. The first-order chi connectivity index (χ1) is 7.88. The zero-order valence-electron chi connectivity index (χ0n) is 10.5. The summed E-state index contributed by atoms with van der Waals surface area (Å²) in [5.41, 5.74) is 0.0111. The Morgan fingerprint density at radius 3 is 2.41 bits per heavy atom. The van der Waals surface area contributed by atoms with Gasteiger partial charge >= 0.3 is 0 Å². The van der Waals surface area contributed by atoms with Crippen molar-refractivity contribution in [3.63, 3.8) is 0 Å². The fourth-order valence-electron chi connectivity index (χ4n) is 1.33. The molecule has 1 N–H and O–H groups in total. The number of carbonyl (C=O) groups excluding carboxylic acids is 1. The molecule has 0 aliphatic rings. The first-order valence-electron chi connectivity index (χ1n) is 5.56. The number of hydrogen-bond acceptors (Lipinski definition) is 3. The van der Waals surface area contributed by atoms with Crippen molar-refractivity contribution in [1.82, 2.24) is 5.06 Å². The second-order valence-corrected chi connectivity index (χ2v) is 4.63. The first-order valence-corrected chi connectivity index (χ1v) is 5.56. The highest BCUT2D eigenvalue weighted by Crippen LogP contribution is 2.08. The number of aliphatic hydroxyl groups is 1. The molecule has 0 spiro atoms. The van der Waals surface area contributed by atoms with Crippen LogP contribution in [0.3, 0.4) is 0 Å². The summed E-state index contributed by atoms with van der Waals surface area (Å²) in [5, 5.41) is 10.8. The Hall–Kier alpha value is -1.39. The SMILES string of the molecule is CC(=O)N(CC(C)(C)O)OCc1ccccc1. The van der Waals surface area contributed by atoms with E-state index in [4.69, 9.17) is 4.84 Å². The maximum atomic E-state index is 11.3. The Labute approximate surface area is 102 Å². The van der Waals surface area contributed by atoms with Crippen molar-refractivity contribution in [2.45, 2.75) is 33.0 Å². The number of hydrogen-bond donors (Lipinski definition) is 1. The van der Waals surface area contributed by atoms with E-state index in [0.29, 0.717) is 6.61 Å². The summed E-state index contributed by atoms with van der Waals surface area (Å²) >= 11 is 0. The predicted octanol–water partition coefficient (Wildman–Crippen LogP) is 1.74. The lowest BCUT2D eigenvalue weighted by Gasteiger charge is -2.27. The number of carbonyl (C=O) groups is 1. The van der Waals surface area contributed by atoms with Crippen LogP contribution in [0.15, 0.2) is 30.3 Å². The average Bonchev–Trinajstić information content (AvgIpc) is 2.24. The lowest BCUT2D eigenvalue weighted by molar-refractivity contribution is -0.202. The van der Waals surface area contributed by atoms with Gasteiger partial charge in [-0.05, 0) is 19.4 Å². The number of benzene rings is 1. The van der Waals surface area contributed by atoms with Gasteiger partial charge in [0.15, 0.2) is 0 Å². The first kappa shape index (κ1) is 13.7. The number of rotatable bonds is 5. The normalized spacial score (nSPS) is 11.3. The van der Waals surface area contributed by atoms with Crippen LogP contribution < -0.4 is 0 Å². The van der Waals surface area contributed by atoms with Gasteiger partial charge in [0.05, 0.1) is 12.1 Å². The third-order valence-electron chi connectivity index (χ3n) is 2.11. The Bertz CT molecular complexity index is 357. The molecule has 0 aliphatic heterocycles. The minimum absolute atomic E-state index is 0.148. The molecule has 0 radical (unpaired) electrons. The van der Waals surface area contributed by atoms with E-state index in [0.717, 1.165) is 5.56 Å². The highest BCUT2D eigenvalue weighted by molar-refractivity contribution is 5.72. The molecule has 1 aromatic rings. The van der Waals surface area contributed by atoms with E-state index in [1.54, 1.807) is 13.8 Å². The number of nitrogens with zero attached hydrogens (tertiary/aromatic N) is 1. The minimum Gasteiger partial charge on any atom is -0.389 e. The fourth-order valence-corrected chi connectivity index (χ4v) is 1.33. The Balaban J connectivity index is 2.54. The molecule has 0 atom stereocenters. The zero-order chi connectivity index (χ0) is 12.9. The largest absolute Gasteiger partial charge is 0.389 e. The third kappa shape index (κ3) is 5.47. The molecule has 0 bridgehead atoms. The van der Waals surface area contributed by atoms with Crippen molar-refractivity contribution in [3.8, 4) is 0 Å². The molecular formula is C13H19NO3. The van der Waals surface area contributed by atoms with Crippen molar-refractivity contribution >= 4 is 5.91 Å². The van der Waals surface area contributed by atoms with Gasteiger partial charge in [0.1, 0.15) is 6.61 Å². The summed E-state index contributed by atoms with van der Waals surface area (Å²) in [6.07, 6.45) is 0. The van der Waals surface area contributed by atoms with Crippen LogP contribution >= 0.6 is 0 Å². The van der Waals surface area contributed by atoms with Gasteiger partial charge in [-0.25, -0.2) is 5.06 Å². The Morgan fingerprint density at radius 2 is 1.94 bits per heavy atom. The molecule has 0 saturated heterocycles. The summed E-state index contributed by atoms with van der Waals surface area (Å²) in [5.74, 6) is -0.219. The van der Waals surface area contributed by atoms with Crippen LogP contribution in [0.1, 0.15) is 26.3 Å². The molecule has 1 aromatic carbocycles. The van der Waals surface area contributed by atoms with Crippen LogP contribution in [0.2, 0.25) is 0 Å². The van der Waals surface area contributed by atoms with Crippen molar-refractivity contribution in [2.24, 2.45) is 0 Å². The average molecular weight is 237 g/mol. The van der Waals surface area contributed by atoms with Crippen molar-refractivity contribution in [1.29, 1.82) is 0 Å². The van der Waals surface area contributed by atoms with Crippen molar-refractivity contribution in [2.75, 3.05) is 6.54 Å². The van der Waals surface area contributed by atoms with Gasteiger partial charge in [-0.1, -0.05) is 30.3 Å². The lowest BCUT2D eigenvalue weighted by atomic mass is 10.1. The van der Waals surface area contributed by atoms with Crippen LogP contribution in [-0.2, 0) is 16.2 Å². The van der Waals surface area contributed by atoms with E-state index in [9.17, 15) is 9.90 Å². The van der Waals surface area contributed by atoms with E-state index >= 15 is 0 Å². The maximum Gasteiger partial charge on any atom is 0.243 e. The van der Waals surface area contributed by atoms with Crippen molar-refractivity contribution < 1.29 is 14.7 Å². The summed E-state index contributed by atoms with van der Waals surface area (Å²) in [6, 6.07) is 9.58. The highest BCUT2D eigenvalue weighted by atomic mass is 16.7. The molecule has 0 fully saturated rings. The molecule has 0 aromatic heterocycles. The smallest absolute Gasteiger partial charge is 0.243 e. The summed E-state index contributed by atoms with van der Waals surface area (Å²) in [6.45, 7) is 5.14. The second kappa shape index (κ2) is 5.80. The third-order valence-corrected chi connectivity index (χ3v) is 2.11. The standard InChI is InChI=1S/C13H19NO3/c1-11(15)14(10-13(2,3)16)17-9-12-7-5-4-6-8-12/h4-8,16H,9-10H2,1-3H3. The van der Waals surface area contributed by atoms with E-state index in [1.165, 1.54) is 12.0 Å². The van der Waals surface area contributed by atoms with Crippen LogP contribution in [0.5, 0.6) is 0 Å². The van der Waals surface area contributed by atoms with Crippen LogP contribution in [0.4, 0.5) is 0 Å². The fraction of sp³-hybridized carbons (Fsp3) is 0.462. The molecule has 94 valence electrons. The van der Waals surface area contributed by atoms with Gasteiger partial charge in [0.2, 0.25) is 5.91 Å².